The minimum Gasteiger partial charge on any atom is -0.396 e. The lowest BCUT2D eigenvalue weighted by atomic mass is 10.1. The molecular weight excluding hydrogens is 166 g/mol. The first-order valence-corrected chi connectivity index (χ1v) is 4.99. The quantitative estimate of drug-likeness (QED) is 0.563. The molecule has 0 saturated heterocycles. The standard InChI is InChI=1S/C10H23NO2/c1-10(2,13-3)6-8-11-7-4-5-9-12/h11-12H,4-9H2,1-3H3. The van der Waals surface area contributed by atoms with Crippen LogP contribution in [0.1, 0.15) is 33.1 Å². The summed E-state index contributed by atoms with van der Waals surface area (Å²) < 4.78 is 5.29. The Kier molecular flexibility index (Phi) is 7.23. The zero-order chi connectivity index (χ0) is 10.2. The molecule has 3 nitrogen and oxygen atoms in total. The molecular formula is C10H23NO2. The maximum atomic E-state index is 8.54. The third-order valence-electron chi connectivity index (χ3n) is 2.22. The zero-order valence-corrected chi connectivity index (χ0v) is 9.10. The summed E-state index contributed by atoms with van der Waals surface area (Å²) in [5, 5.41) is 11.9. The normalized spacial score (nSPS) is 12.0. The summed E-state index contributed by atoms with van der Waals surface area (Å²) in [5.74, 6) is 0. The lowest BCUT2D eigenvalue weighted by Gasteiger charge is -2.22. The van der Waals surface area contributed by atoms with Gasteiger partial charge in [-0.25, -0.2) is 0 Å². The molecule has 0 bridgehead atoms. The Morgan fingerprint density at radius 3 is 2.46 bits per heavy atom. The van der Waals surface area contributed by atoms with Crippen LogP contribution in [-0.4, -0.2) is 37.5 Å². The second-order valence-electron chi connectivity index (χ2n) is 3.89. The van der Waals surface area contributed by atoms with Gasteiger partial charge in [0.25, 0.3) is 0 Å². The third-order valence-corrected chi connectivity index (χ3v) is 2.22. The van der Waals surface area contributed by atoms with E-state index in [2.05, 4.69) is 19.2 Å². The smallest absolute Gasteiger partial charge is 0.0634 e. The number of methoxy groups -OCH3 is 1. The Labute approximate surface area is 81.5 Å². The van der Waals surface area contributed by atoms with Crippen LogP contribution >= 0.6 is 0 Å². The first-order valence-electron chi connectivity index (χ1n) is 4.99. The Balaban J connectivity index is 3.16. The Bertz CT molecular complexity index is 115. The van der Waals surface area contributed by atoms with E-state index in [9.17, 15) is 0 Å². The minimum absolute atomic E-state index is 0.0238. The van der Waals surface area contributed by atoms with Crippen molar-refractivity contribution in [2.75, 3.05) is 26.8 Å². The number of nitrogens with one attached hydrogen (secondary N) is 1. The second kappa shape index (κ2) is 7.30. The molecule has 13 heavy (non-hydrogen) atoms. The third kappa shape index (κ3) is 8.22. The summed E-state index contributed by atoms with van der Waals surface area (Å²) in [6, 6.07) is 0. The molecule has 0 aliphatic rings. The summed E-state index contributed by atoms with van der Waals surface area (Å²) in [5.41, 5.74) is -0.0238. The van der Waals surface area contributed by atoms with Gasteiger partial charge >= 0.3 is 0 Å². The number of hydrogen-bond donors (Lipinski definition) is 2. The molecule has 0 aromatic rings. The molecule has 0 unspecified atom stereocenters. The summed E-state index contributed by atoms with van der Waals surface area (Å²) in [6.45, 7) is 6.43. The van der Waals surface area contributed by atoms with E-state index in [0.29, 0.717) is 6.61 Å². The lowest BCUT2D eigenvalue weighted by Crippen LogP contribution is -2.29. The van der Waals surface area contributed by atoms with Crippen molar-refractivity contribution in [2.24, 2.45) is 0 Å². The van der Waals surface area contributed by atoms with Gasteiger partial charge in [0.05, 0.1) is 5.60 Å². The fourth-order valence-electron chi connectivity index (χ4n) is 0.978. The predicted molar refractivity (Wildman–Crippen MR) is 54.9 cm³/mol. The van der Waals surface area contributed by atoms with Gasteiger partial charge in [0.2, 0.25) is 0 Å². The van der Waals surface area contributed by atoms with Crippen LogP contribution in [0.5, 0.6) is 0 Å². The van der Waals surface area contributed by atoms with Gasteiger partial charge in [0, 0.05) is 13.7 Å². The van der Waals surface area contributed by atoms with Gasteiger partial charge in [-0.15, -0.1) is 0 Å². The van der Waals surface area contributed by atoms with Crippen LogP contribution in [0, 0.1) is 0 Å². The van der Waals surface area contributed by atoms with Crippen molar-refractivity contribution < 1.29 is 9.84 Å². The number of ether oxygens (including phenoxy) is 1. The highest BCUT2D eigenvalue weighted by Crippen LogP contribution is 2.11. The largest absolute Gasteiger partial charge is 0.396 e. The van der Waals surface area contributed by atoms with E-state index in [1.54, 1.807) is 7.11 Å². The SMILES string of the molecule is COC(C)(C)CCNCCCCO. The Morgan fingerprint density at radius 2 is 1.92 bits per heavy atom. The predicted octanol–water partition coefficient (Wildman–Crippen LogP) is 1.16. The molecule has 80 valence electrons. The van der Waals surface area contributed by atoms with E-state index in [0.717, 1.165) is 32.4 Å². The topological polar surface area (TPSA) is 41.5 Å². The molecule has 0 aliphatic carbocycles. The Morgan fingerprint density at radius 1 is 1.23 bits per heavy atom. The van der Waals surface area contributed by atoms with Crippen LogP contribution in [-0.2, 0) is 4.74 Å². The van der Waals surface area contributed by atoms with E-state index in [4.69, 9.17) is 9.84 Å². The highest BCUT2D eigenvalue weighted by Gasteiger charge is 2.14. The molecule has 0 fully saturated rings. The van der Waals surface area contributed by atoms with Crippen molar-refractivity contribution in [3.63, 3.8) is 0 Å². The van der Waals surface area contributed by atoms with E-state index in [-0.39, 0.29) is 5.60 Å². The zero-order valence-electron chi connectivity index (χ0n) is 9.10. The monoisotopic (exact) mass is 189 g/mol. The molecule has 0 atom stereocenters. The van der Waals surface area contributed by atoms with Crippen LogP contribution < -0.4 is 5.32 Å². The van der Waals surface area contributed by atoms with E-state index in [1.807, 2.05) is 0 Å². The fourth-order valence-corrected chi connectivity index (χ4v) is 0.978. The summed E-state index contributed by atoms with van der Waals surface area (Å²) >= 11 is 0. The molecule has 0 spiro atoms. The van der Waals surface area contributed by atoms with Gasteiger partial charge in [-0.05, 0) is 46.2 Å². The molecule has 3 heteroatoms. The molecule has 0 radical (unpaired) electrons. The average Bonchev–Trinajstić information content (AvgIpc) is 2.11. The number of aliphatic hydroxyl groups excluding tert-OH is 1. The van der Waals surface area contributed by atoms with Crippen LogP contribution in [0.3, 0.4) is 0 Å². The number of unbranched alkanes of at least 4 members (excludes halogenated alkanes) is 1. The second-order valence-corrected chi connectivity index (χ2v) is 3.89. The van der Waals surface area contributed by atoms with E-state index < -0.39 is 0 Å². The van der Waals surface area contributed by atoms with E-state index >= 15 is 0 Å². The van der Waals surface area contributed by atoms with Crippen molar-refractivity contribution >= 4 is 0 Å². The van der Waals surface area contributed by atoms with Crippen LogP contribution in [0.25, 0.3) is 0 Å². The highest BCUT2D eigenvalue weighted by molar-refractivity contribution is 4.68. The van der Waals surface area contributed by atoms with E-state index in [1.165, 1.54) is 0 Å². The molecule has 0 aromatic carbocycles. The van der Waals surface area contributed by atoms with Crippen LogP contribution in [0.4, 0.5) is 0 Å². The highest BCUT2D eigenvalue weighted by atomic mass is 16.5. The molecule has 0 heterocycles. The molecule has 0 amide bonds. The fraction of sp³-hybridized carbons (Fsp3) is 1.00. The number of hydrogen-bond acceptors (Lipinski definition) is 3. The van der Waals surface area contributed by atoms with Gasteiger partial charge in [-0.1, -0.05) is 0 Å². The van der Waals surface area contributed by atoms with Crippen LogP contribution in [0.2, 0.25) is 0 Å². The van der Waals surface area contributed by atoms with Crippen molar-refractivity contribution in [2.45, 2.75) is 38.7 Å². The van der Waals surface area contributed by atoms with Crippen molar-refractivity contribution in [1.29, 1.82) is 0 Å². The molecule has 0 rings (SSSR count). The van der Waals surface area contributed by atoms with Crippen molar-refractivity contribution in [1.82, 2.24) is 5.32 Å². The number of rotatable bonds is 8. The van der Waals surface area contributed by atoms with Gasteiger partial charge in [0.1, 0.15) is 0 Å². The summed E-state index contributed by atoms with van der Waals surface area (Å²) in [6.07, 6.45) is 2.95. The van der Waals surface area contributed by atoms with Crippen molar-refractivity contribution in [3.8, 4) is 0 Å². The first-order chi connectivity index (χ1) is 6.12. The molecule has 2 N–H and O–H groups in total. The molecule has 0 aliphatic heterocycles. The molecule has 0 saturated carbocycles. The average molecular weight is 189 g/mol. The molecule has 0 aromatic heterocycles. The lowest BCUT2D eigenvalue weighted by molar-refractivity contribution is 0.0159. The summed E-state index contributed by atoms with van der Waals surface area (Å²) in [4.78, 5) is 0. The Hall–Kier alpha value is -0.120. The van der Waals surface area contributed by atoms with Gasteiger partial charge < -0.3 is 15.2 Å². The minimum atomic E-state index is -0.0238. The summed E-state index contributed by atoms with van der Waals surface area (Å²) in [7, 11) is 1.74. The van der Waals surface area contributed by atoms with Crippen molar-refractivity contribution in [3.05, 3.63) is 0 Å². The number of aliphatic hydroxyl groups is 1. The van der Waals surface area contributed by atoms with Gasteiger partial charge in [-0.2, -0.15) is 0 Å². The first kappa shape index (κ1) is 12.9. The van der Waals surface area contributed by atoms with Crippen LogP contribution in [0.15, 0.2) is 0 Å². The van der Waals surface area contributed by atoms with Gasteiger partial charge in [0.15, 0.2) is 0 Å². The maximum Gasteiger partial charge on any atom is 0.0634 e. The maximum absolute atomic E-state index is 8.54. The van der Waals surface area contributed by atoms with Gasteiger partial charge in [-0.3, -0.25) is 0 Å².